The third kappa shape index (κ3) is 3.57. The second kappa shape index (κ2) is 8.01. The Morgan fingerprint density at radius 1 is 0.848 bits per heavy atom. The molecule has 0 N–H and O–H groups in total. The minimum Gasteiger partial charge on any atom is -0.317 e. The van der Waals surface area contributed by atoms with Crippen molar-refractivity contribution in [3.8, 4) is 11.4 Å². The highest BCUT2D eigenvalue weighted by Gasteiger charge is 2.19. The van der Waals surface area contributed by atoms with E-state index in [4.69, 9.17) is 0 Å². The molecule has 0 aliphatic rings. The van der Waals surface area contributed by atoms with Crippen LogP contribution in [0.25, 0.3) is 22.6 Å². The van der Waals surface area contributed by atoms with Gasteiger partial charge in [-0.15, -0.1) is 10.2 Å². The van der Waals surface area contributed by atoms with Gasteiger partial charge in [0.15, 0.2) is 22.8 Å². The third-order valence-corrected chi connectivity index (χ3v) is 5.85. The van der Waals surface area contributed by atoms with Crippen molar-refractivity contribution in [3.05, 3.63) is 98.7 Å². The number of hydrogen-bond donors (Lipinski definition) is 0. The van der Waals surface area contributed by atoms with Crippen molar-refractivity contribution in [2.24, 2.45) is 14.1 Å². The summed E-state index contributed by atoms with van der Waals surface area (Å²) in [6, 6.07) is 18.2. The molecule has 9 heteroatoms. The number of imidazole rings is 1. The lowest BCUT2D eigenvalue weighted by Crippen LogP contribution is -2.37. The fourth-order valence-corrected chi connectivity index (χ4v) is 3.97. The van der Waals surface area contributed by atoms with Crippen LogP contribution in [0.2, 0.25) is 0 Å². The van der Waals surface area contributed by atoms with Gasteiger partial charge in [0.2, 0.25) is 0 Å². The van der Waals surface area contributed by atoms with Gasteiger partial charge in [0, 0.05) is 19.7 Å². The van der Waals surface area contributed by atoms with Crippen LogP contribution in [0, 0.1) is 6.92 Å². The molecule has 0 fully saturated rings. The second-order valence-corrected chi connectivity index (χ2v) is 8.13. The summed E-state index contributed by atoms with van der Waals surface area (Å²) in [5, 5.41) is 8.96. The van der Waals surface area contributed by atoms with E-state index in [0.717, 1.165) is 21.5 Å². The highest BCUT2D eigenvalue weighted by atomic mass is 16.2. The smallest absolute Gasteiger partial charge is 0.317 e. The minimum absolute atomic E-state index is 0.287. The number of hydrogen-bond acceptors (Lipinski definition) is 5. The summed E-state index contributed by atoms with van der Waals surface area (Å²) in [5.74, 6) is 1.43. The fourth-order valence-electron chi connectivity index (χ4n) is 3.97. The second-order valence-electron chi connectivity index (χ2n) is 8.13. The largest absolute Gasteiger partial charge is 0.332 e. The normalized spacial score (nSPS) is 11.4. The van der Waals surface area contributed by atoms with E-state index in [0.29, 0.717) is 23.5 Å². The third-order valence-electron chi connectivity index (χ3n) is 5.85. The van der Waals surface area contributed by atoms with E-state index >= 15 is 0 Å². The monoisotopic (exact) mass is 441 g/mol. The molecule has 3 aromatic heterocycles. The number of benzene rings is 2. The SMILES string of the molecule is Cc1ccc(-c2nnc(Cn3cnc4c3c(=O)n(C)c(=O)n4C)n2Cc2ccccc2)cc1. The summed E-state index contributed by atoms with van der Waals surface area (Å²) in [6.07, 6.45) is 1.57. The zero-order valence-corrected chi connectivity index (χ0v) is 18.6. The van der Waals surface area contributed by atoms with Crippen LogP contribution in [-0.2, 0) is 27.2 Å². The number of rotatable bonds is 5. The Bertz CT molecular complexity index is 1570. The predicted octanol–water partition coefficient (Wildman–Crippen LogP) is 2.10. The van der Waals surface area contributed by atoms with Gasteiger partial charge in [0.25, 0.3) is 5.56 Å². The average Bonchev–Trinajstić information content (AvgIpc) is 3.42. The maximum absolute atomic E-state index is 12.9. The number of aryl methyl sites for hydroxylation is 2. The average molecular weight is 441 g/mol. The van der Waals surface area contributed by atoms with Crippen LogP contribution in [0.5, 0.6) is 0 Å². The molecule has 0 bridgehead atoms. The molecule has 0 amide bonds. The van der Waals surface area contributed by atoms with E-state index < -0.39 is 11.2 Å². The van der Waals surface area contributed by atoms with E-state index in [-0.39, 0.29) is 6.54 Å². The fraction of sp³-hybridized carbons (Fsp3) is 0.208. The van der Waals surface area contributed by atoms with Gasteiger partial charge in [-0.3, -0.25) is 13.9 Å². The van der Waals surface area contributed by atoms with Gasteiger partial charge in [-0.1, -0.05) is 60.2 Å². The highest BCUT2D eigenvalue weighted by molar-refractivity contribution is 5.70. The lowest BCUT2D eigenvalue weighted by molar-refractivity contribution is 0.669. The predicted molar refractivity (Wildman–Crippen MR) is 125 cm³/mol. The number of aromatic nitrogens is 7. The van der Waals surface area contributed by atoms with Gasteiger partial charge >= 0.3 is 5.69 Å². The molecule has 0 spiro atoms. The quantitative estimate of drug-likeness (QED) is 0.416. The van der Waals surface area contributed by atoms with Crippen LogP contribution in [0.1, 0.15) is 17.0 Å². The van der Waals surface area contributed by atoms with Crippen LogP contribution < -0.4 is 11.2 Å². The molecule has 5 rings (SSSR count). The standard InChI is InChI=1S/C24H23N7O2/c1-16-9-11-18(12-10-16)21-27-26-19(31(21)13-17-7-5-4-6-8-17)14-30-15-25-22-20(30)23(32)29(3)24(33)28(22)2/h4-12,15H,13-14H2,1-3H3. The van der Waals surface area contributed by atoms with E-state index in [1.54, 1.807) is 17.9 Å². The van der Waals surface area contributed by atoms with Crippen LogP contribution in [0.3, 0.4) is 0 Å². The molecule has 9 nitrogen and oxygen atoms in total. The number of nitrogens with zero attached hydrogens (tertiary/aromatic N) is 7. The van der Waals surface area contributed by atoms with E-state index in [1.165, 1.54) is 17.2 Å². The molecule has 0 unspecified atom stereocenters. The van der Waals surface area contributed by atoms with Crippen LogP contribution in [0.4, 0.5) is 0 Å². The Labute approximate surface area is 189 Å². The van der Waals surface area contributed by atoms with Gasteiger partial charge in [-0.05, 0) is 12.5 Å². The van der Waals surface area contributed by atoms with Gasteiger partial charge in [-0.2, -0.15) is 0 Å². The Hall–Kier alpha value is -4.27. The maximum Gasteiger partial charge on any atom is 0.332 e. The summed E-state index contributed by atoms with van der Waals surface area (Å²) in [7, 11) is 3.07. The molecule has 0 atom stereocenters. The molecule has 0 aliphatic heterocycles. The van der Waals surface area contributed by atoms with Crippen molar-refractivity contribution in [3.63, 3.8) is 0 Å². The van der Waals surface area contributed by atoms with E-state index in [9.17, 15) is 9.59 Å². The van der Waals surface area contributed by atoms with Crippen LogP contribution in [0.15, 0.2) is 70.5 Å². The molecule has 166 valence electrons. The van der Waals surface area contributed by atoms with Crippen LogP contribution >= 0.6 is 0 Å². The minimum atomic E-state index is -0.411. The number of fused-ring (bicyclic) bond motifs is 1. The zero-order chi connectivity index (χ0) is 23.1. The first-order valence-corrected chi connectivity index (χ1v) is 10.6. The first kappa shape index (κ1) is 20.6. The Morgan fingerprint density at radius 3 is 2.30 bits per heavy atom. The van der Waals surface area contributed by atoms with E-state index in [2.05, 4.69) is 31.9 Å². The zero-order valence-electron chi connectivity index (χ0n) is 18.6. The molecule has 0 aliphatic carbocycles. The van der Waals surface area contributed by atoms with Crippen molar-refractivity contribution in [1.82, 2.24) is 33.4 Å². The lowest BCUT2D eigenvalue weighted by Gasteiger charge is -2.12. The Balaban J connectivity index is 1.64. The summed E-state index contributed by atoms with van der Waals surface area (Å²) < 4.78 is 6.24. The molecule has 33 heavy (non-hydrogen) atoms. The highest BCUT2D eigenvalue weighted by Crippen LogP contribution is 2.21. The Kier molecular flexibility index (Phi) is 5.01. The van der Waals surface area contributed by atoms with Crippen molar-refractivity contribution in [1.29, 1.82) is 0 Å². The molecule has 2 aromatic carbocycles. The lowest BCUT2D eigenvalue weighted by atomic mass is 10.1. The molecule has 3 heterocycles. The van der Waals surface area contributed by atoms with Gasteiger partial charge < -0.3 is 9.13 Å². The first-order chi connectivity index (χ1) is 15.9. The van der Waals surface area contributed by atoms with Gasteiger partial charge in [0.1, 0.15) is 0 Å². The van der Waals surface area contributed by atoms with E-state index in [1.807, 2.05) is 49.4 Å². The molecule has 0 saturated heterocycles. The van der Waals surface area contributed by atoms with Crippen molar-refractivity contribution in [2.75, 3.05) is 0 Å². The topological polar surface area (TPSA) is 92.5 Å². The summed E-state index contributed by atoms with van der Waals surface area (Å²) in [5.41, 5.74) is 3.14. The summed E-state index contributed by atoms with van der Waals surface area (Å²) in [4.78, 5) is 29.4. The molecule has 5 aromatic rings. The summed E-state index contributed by atoms with van der Waals surface area (Å²) >= 11 is 0. The Morgan fingerprint density at radius 2 is 1.58 bits per heavy atom. The van der Waals surface area contributed by atoms with Gasteiger partial charge in [0.05, 0.1) is 19.4 Å². The van der Waals surface area contributed by atoms with Crippen molar-refractivity contribution >= 4 is 11.2 Å². The van der Waals surface area contributed by atoms with Crippen molar-refractivity contribution in [2.45, 2.75) is 20.0 Å². The van der Waals surface area contributed by atoms with Crippen molar-refractivity contribution < 1.29 is 0 Å². The van der Waals surface area contributed by atoms with Gasteiger partial charge in [-0.25, -0.2) is 9.78 Å². The molecule has 0 radical (unpaired) electrons. The molecule has 0 saturated carbocycles. The maximum atomic E-state index is 12.9. The first-order valence-electron chi connectivity index (χ1n) is 10.6. The summed E-state index contributed by atoms with van der Waals surface area (Å²) in [6.45, 7) is 2.91. The molecular weight excluding hydrogens is 418 g/mol. The van der Waals surface area contributed by atoms with Crippen LogP contribution in [-0.4, -0.2) is 33.4 Å². The molecular formula is C24H23N7O2.